The summed E-state index contributed by atoms with van der Waals surface area (Å²) in [5, 5.41) is 67.9. The molecule has 0 fully saturated rings. The van der Waals surface area contributed by atoms with Crippen LogP contribution in [0.25, 0.3) is 0 Å². The van der Waals surface area contributed by atoms with Crippen molar-refractivity contribution in [1.29, 1.82) is 0 Å². The number of carbonyl (C=O) groups is 7. The number of hydrogen-bond donors (Lipinski definition) is 11. The Balaban J connectivity index is 0.000000189. The Hall–Kier alpha value is -12.6. The molecule has 2 atom stereocenters. The summed E-state index contributed by atoms with van der Waals surface area (Å²) >= 11 is 33.9. The molecule has 0 spiro atoms. The van der Waals surface area contributed by atoms with Gasteiger partial charge in [-0.25, -0.2) is 33.8 Å². The van der Waals surface area contributed by atoms with E-state index in [-0.39, 0.29) is 97.4 Å². The second-order valence-electron chi connectivity index (χ2n) is 26.4. The number of halogens is 9. The number of anilines is 12. The van der Waals surface area contributed by atoms with E-state index < -0.39 is 71.1 Å². The van der Waals surface area contributed by atoms with Crippen molar-refractivity contribution >= 4 is 191 Å². The molecule has 36 heteroatoms. The van der Waals surface area contributed by atoms with Gasteiger partial charge in [0.05, 0.1) is 117 Å². The van der Waals surface area contributed by atoms with Gasteiger partial charge in [-0.2, -0.15) is 13.2 Å². The topological polar surface area (TPSA) is 392 Å². The van der Waals surface area contributed by atoms with E-state index in [4.69, 9.17) is 98.8 Å². The van der Waals surface area contributed by atoms with Gasteiger partial charge in [-0.3, -0.25) is 4.21 Å². The standard InChI is InChI=1S/C21H13F3N2O4.C15H15NO2.2C14H11Cl2NO2.C14H12ClNO2.C12H11ClN2O5S.Na/c22-21(23,24)12-5-3-6-13(11-12)26-17-16(9-4-10-25-17)19(28)30-20-15-8-2-1-7-14(15)18(27)29-20;1-10-6-5-9-13(11(10)2)16-14-8-4-3-7-12(14)15(17)18;2*1-8-6-7-10(15)13(12(8)16)17-11-5-3-2-4-9(11)14(18)19;1-9-11(15)6-4-8-12(9)16-13-7-3-2-5-10(13)14(17)18;13-9-5-10(14-6-7-2-1-3-20-7)8(12(16)17)4-11(9)15-21(18)19;/h1-11,20H,(H,25,26);3-9,16H,1-2H3,(H,17,18);2*2-7,17H,1H3,(H,18,19);2-8,16H,1H3,(H,17,18);1-5,14-15H,6H2,(H,16,17)(H,18,19);/q;;;;;;+1/p-2. The number of nitrogens with zero attached hydrogens (tertiary/aromatic N) is 1. The number of furan rings is 1. The molecule has 1 aliphatic heterocycles. The molecular weight excluding hydrogens is 1790 g/mol. The molecule has 2 aromatic heterocycles. The number of fused-ring (bicyclic) bond motifs is 1. The summed E-state index contributed by atoms with van der Waals surface area (Å²) in [4.78, 5) is 84.2. The third kappa shape index (κ3) is 27.2. The van der Waals surface area contributed by atoms with Gasteiger partial charge in [-0.05, 0) is 196 Å². The maximum atomic E-state index is 12.9. The van der Waals surface area contributed by atoms with Crippen molar-refractivity contribution in [2.45, 2.75) is 53.6 Å². The summed E-state index contributed by atoms with van der Waals surface area (Å²) in [5.41, 5.74) is 10.4. The molecular formula is C90H71Cl6F3N8NaO17S-. The number of para-hydroxylation sites is 4. The summed E-state index contributed by atoms with van der Waals surface area (Å²) in [6.07, 6.45) is -2.86. The van der Waals surface area contributed by atoms with Crippen molar-refractivity contribution < 1.29 is 124 Å². The van der Waals surface area contributed by atoms with Crippen LogP contribution in [0.3, 0.4) is 0 Å². The zero-order valence-corrected chi connectivity index (χ0v) is 74.2. The number of aromatic nitrogens is 1. The van der Waals surface area contributed by atoms with Gasteiger partial charge in [0.25, 0.3) is 6.29 Å². The van der Waals surface area contributed by atoms with Crippen molar-refractivity contribution in [3.05, 3.63) is 369 Å². The Morgan fingerprint density at radius 3 is 1.47 bits per heavy atom. The molecule has 11 N–H and O–H groups in total. The van der Waals surface area contributed by atoms with E-state index in [0.717, 1.165) is 51.8 Å². The fourth-order valence-corrected chi connectivity index (χ4v) is 13.2. The molecule has 0 aliphatic carbocycles. The molecule has 2 unspecified atom stereocenters. The Bertz CT molecular complexity index is 5960. The normalized spacial score (nSPS) is 11.6. The van der Waals surface area contributed by atoms with Crippen LogP contribution < -0.4 is 71.3 Å². The minimum absolute atomic E-state index is 0. The average molecular weight is 1860 g/mol. The predicted molar refractivity (Wildman–Crippen MR) is 475 cm³/mol. The molecule has 14 rings (SSSR count). The van der Waals surface area contributed by atoms with E-state index >= 15 is 0 Å². The van der Waals surface area contributed by atoms with E-state index in [1.54, 1.807) is 146 Å². The SMILES string of the molecule is Cc1c(Cl)cccc1Nc1ccccc1C(=O)O.Cc1ccc(Cl)c(Nc2ccccc2C(=O)O)c1Cl.Cc1ccc(Cl)c(Nc2ccccc2C(=O)[O-])c1Cl.Cc1cccc(Nc2ccccc2C(=O)O)c1C.O=C(O)c1cc(NS(=O)[O-])c(Cl)cc1NCc1ccco1.O=C1OC(OC(=O)c2cccnc2Nc2cccc(C(F)(F)F)c2)c2ccccc21.[Na+]. The van der Waals surface area contributed by atoms with Crippen LogP contribution in [0.15, 0.2) is 260 Å². The third-order valence-corrected chi connectivity index (χ3v) is 20.7. The van der Waals surface area contributed by atoms with E-state index in [1.165, 1.54) is 60.5 Å². The molecule has 13 aromatic rings. The summed E-state index contributed by atoms with van der Waals surface area (Å²) in [7, 11) is 0. The quantitative estimate of drug-likeness (QED) is 0.0170. The second kappa shape index (κ2) is 46.4. The van der Waals surface area contributed by atoms with Crippen LogP contribution in [0.5, 0.6) is 0 Å². The number of benzene rings is 11. The largest absolute Gasteiger partial charge is 1.00 e. The maximum Gasteiger partial charge on any atom is 1.00 e. The Morgan fingerprint density at radius 2 is 0.952 bits per heavy atom. The Kier molecular flexibility index (Phi) is 36.4. The number of carbonyl (C=O) groups excluding carboxylic acids is 3. The van der Waals surface area contributed by atoms with Gasteiger partial charge in [-0.15, -0.1) is 0 Å². The van der Waals surface area contributed by atoms with Crippen LogP contribution in [0.4, 0.5) is 81.6 Å². The molecule has 0 radical (unpaired) electrons. The van der Waals surface area contributed by atoms with Gasteiger partial charge >= 0.3 is 71.5 Å². The minimum Gasteiger partial charge on any atom is -0.755 e. The van der Waals surface area contributed by atoms with Gasteiger partial charge in [0, 0.05) is 56.4 Å². The van der Waals surface area contributed by atoms with Crippen molar-refractivity contribution in [1.82, 2.24) is 4.98 Å². The second-order valence-corrected chi connectivity index (χ2v) is 29.5. The number of alkyl halides is 3. The molecule has 126 heavy (non-hydrogen) atoms. The Morgan fingerprint density at radius 1 is 0.476 bits per heavy atom. The number of carboxylic acid groups (broad SMARTS) is 5. The summed E-state index contributed by atoms with van der Waals surface area (Å²) in [6, 6.07) is 64.8. The molecule has 0 amide bonds. The number of nitrogens with one attached hydrogen (secondary N) is 7. The van der Waals surface area contributed by atoms with Crippen LogP contribution in [0.1, 0.15) is 124 Å². The van der Waals surface area contributed by atoms with Gasteiger partial charge in [-0.1, -0.05) is 179 Å². The number of rotatable bonds is 22. The predicted octanol–water partition coefficient (Wildman–Crippen LogP) is 20.3. The number of carboxylic acids is 5. The molecule has 11 aromatic carbocycles. The number of esters is 2. The van der Waals surface area contributed by atoms with E-state index in [2.05, 4.69) is 36.9 Å². The minimum atomic E-state index is -4.51. The average Bonchev–Trinajstić information content (AvgIpc) is 1.14. The van der Waals surface area contributed by atoms with Crippen molar-refractivity contribution in [3.8, 4) is 0 Å². The fraction of sp³-hybridized carbons (Fsp3) is 0.0889. The molecule has 25 nitrogen and oxygen atoms in total. The molecule has 0 saturated heterocycles. The van der Waals surface area contributed by atoms with Crippen LogP contribution >= 0.6 is 69.6 Å². The van der Waals surface area contributed by atoms with Crippen LogP contribution in [0, 0.1) is 34.6 Å². The summed E-state index contributed by atoms with van der Waals surface area (Å²) in [5.74, 6) is -6.23. The summed E-state index contributed by atoms with van der Waals surface area (Å²) < 4.78 is 77.6. The van der Waals surface area contributed by atoms with Gasteiger partial charge in [0.2, 0.25) is 0 Å². The van der Waals surface area contributed by atoms with Gasteiger partial charge in [0.1, 0.15) is 17.1 Å². The zero-order chi connectivity index (χ0) is 90.9. The van der Waals surface area contributed by atoms with Gasteiger partial charge in [0.15, 0.2) is 0 Å². The third-order valence-electron chi connectivity index (χ3n) is 18.0. The molecule has 1 aliphatic rings. The zero-order valence-electron chi connectivity index (χ0n) is 66.9. The monoisotopic (exact) mass is 1860 g/mol. The number of cyclic esters (lactones) is 1. The van der Waals surface area contributed by atoms with Crippen molar-refractivity contribution in [2.24, 2.45) is 0 Å². The number of aryl methyl sites for hydroxylation is 3. The van der Waals surface area contributed by atoms with Crippen molar-refractivity contribution in [2.75, 3.05) is 36.6 Å². The number of aromatic carboxylic acids is 5. The molecule has 0 bridgehead atoms. The number of hydrogen-bond acceptors (Lipinski definition) is 20. The first-order valence-corrected chi connectivity index (χ1v) is 40.0. The maximum absolute atomic E-state index is 12.9. The van der Waals surface area contributed by atoms with Crippen LogP contribution in [0.2, 0.25) is 30.1 Å². The van der Waals surface area contributed by atoms with Crippen molar-refractivity contribution in [3.63, 3.8) is 0 Å². The number of ether oxygens (including phenoxy) is 2. The first kappa shape index (κ1) is 98.8. The molecule has 644 valence electrons. The van der Waals surface area contributed by atoms with E-state index in [0.29, 0.717) is 76.1 Å². The Labute approximate surface area is 773 Å². The molecule has 0 saturated carbocycles. The van der Waals surface area contributed by atoms with Crippen LogP contribution in [-0.2, 0) is 33.5 Å². The van der Waals surface area contributed by atoms with Crippen LogP contribution in [-0.4, -0.2) is 76.0 Å². The summed E-state index contributed by atoms with van der Waals surface area (Å²) in [6.45, 7) is 9.89. The van der Waals surface area contributed by atoms with E-state index in [1.807, 2.05) is 75.7 Å². The smallest absolute Gasteiger partial charge is 0.755 e. The first-order valence-electron chi connectivity index (χ1n) is 36.6. The fourth-order valence-electron chi connectivity index (χ4n) is 11.4. The first-order chi connectivity index (χ1) is 59.5. The molecule has 3 heterocycles. The van der Waals surface area contributed by atoms with Gasteiger partial charge < -0.3 is 85.4 Å². The number of pyridine rings is 1. The van der Waals surface area contributed by atoms with E-state index in [9.17, 15) is 65.7 Å².